The Morgan fingerprint density at radius 2 is 2.19 bits per heavy atom. The van der Waals surface area contributed by atoms with Gasteiger partial charge < -0.3 is 4.42 Å². The lowest BCUT2D eigenvalue weighted by Gasteiger charge is -1.98. The van der Waals surface area contributed by atoms with Crippen LogP contribution in [0.5, 0.6) is 0 Å². The molecule has 0 saturated carbocycles. The Bertz CT molecular complexity index is 503. The summed E-state index contributed by atoms with van der Waals surface area (Å²) in [6.07, 6.45) is 0.501. The van der Waals surface area contributed by atoms with E-state index in [2.05, 4.69) is 26.1 Å². The van der Waals surface area contributed by atoms with E-state index < -0.39 is 0 Å². The number of halogens is 3. The number of hydrogen-bond acceptors (Lipinski definition) is 3. The summed E-state index contributed by atoms with van der Waals surface area (Å²) in [5, 5.41) is 7.64. The van der Waals surface area contributed by atoms with Crippen LogP contribution in [-0.2, 0) is 6.42 Å². The molecule has 1 heterocycles. The van der Waals surface area contributed by atoms with E-state index in [1.165, 1.54) is 12.1 Å². The Labute approximate surface area is 105 Å². The molecule has 1 aromatic carbocycles. The van der Waals surface area contributed by atoms with E-state index in [9.17, 15) is 4.39 Å². The van der Waals surface area contributed by atoms with Gasteiger partial charge in [0.25, 0.3) is 0 Å². The molecule has 0 aliphatic heterocycles. The van der Waals surface area contributed by atoms with Crippen molar-refractivity contribution >= 4 is 27.5 Å². The predicted molar refractivity (Wildman–Crippen MR) is 61.8 cm³/mol. The van der Waals surface area contributed by atoms with Gasteiger partial charge in [-0.05, 0) is 34.1 Å². The number of nitrogens with zero attached hydrogens (tertiary/aromatic N) is 2. The van der Waals surface area contributed by atoms with Crippen molar-refractivity contribution in [3.63, 3.8) is 0 Å². The smallest absolute Gasteiger partial charge is 0.248 e. The normalized spacial score (nSPS) is 10.7. The van der Waals surface area contributed by atoms with Crippen LogP contribution >= 0.6 is 27.5 Å². The molecule has 0 fully saturated rings. The molecule has 0 amide bonds. The zero-order valence-corrected chi connectivity index (χ0v) is 10.4. The van der Waals surface area contributed by atoms with Crippen molar-refractivity contribution in [2.24, 2.45) is 0 Å². The highest BCUT2D eigenvalue weighted by atomic mass is 79.9. The summed E-state index contributed by atoms with van der Waals surface area (Å²) in [5.74, 6) is 0.786. The van der Waals surface area contributed by atoms with E-state index in [-0.39, 0.29) is 11.7 Å². The molecule has 0 N–H and O–H groups in total. The summed E-state index contributed by atoms with van der Waals surface area (Å²) in [6, 6.07) is 4.28. The van der Waals surface area contributed by atoms with Gasteiger partial charge in [-0.25, -0.2) is 4.39 Å². The van der Waals surface area contributed by atoms with Crippen molar-refractivity contribution in [1.82, 2.24) is 10.2 Å². The molecule has 6 heteroatoms. The van der Waals surface area contributed by atoms with Crippen LogP contribution in [0.1, 0.15) is 5.89 Å². The molecule has 0 radical (unpaired) electrons. The zero-order valence-electron chi connectivity index (χ0n) is 8.08. The van der Waals surface area contributed by atoms with Crippen LogP contribution in [0.3, 0.4) is 0 Å². The van der Waals surface area contributed by atoms with Gasteiger partial charge in [-0.2, -0.15) is 0 Å². The van der Waals surface area contributed by atoms with Gasteiger partial charge in [-0.1, -0.05) is 0 Å². The van der Waals surface area contributed by atoms with Crippen LogP contribution in [0.4, 0.5) is 4.39 Å². The highest BCUT2D eigenvalue weighted by Crippen LogP contribution is 2.27. The molecular formula is C10H7BrClFN2O. The van der Waals surface area contributed by atoms with Crippen molar-refractivity contribution in [3.8, 4) is 11.5 Å². The maximum atomic E-state index is 13.1. The van der Waals surface area contributed by atoms with Gasteiger partial charge in [-0.3, -0.25) is 0 Å². The van der Waals surface area contributed by atoms with Crippen LogP contribution < -0.4 is 0 Å². The second-order valence-corrected chi connectivity index (χ2v) is 4.30. The third-order valence-corrected chi connectivity index (χ3v) is 2.81. The first kappa shape index (κ1) is 11.5. The second kappa shape index (κ2) is 4.93. The van der Waals surface area contributed by atoms with Crippen LogP contribution in [0.15, 0.2) is 27.1 Å². The lowest BCUT2D eigenvalue weighted by Crippen LogP contribution is -1.84. The molecule has 0 saturated heterocycles. The molecule has 1 aromatic heterocycles. The number of aromatic nitrogens is 2. The van der Waals surface area contributed by atoms with Gasteiger partial charge in [-0.15, -0.1) is 21.8 Å². The van der Waals surface area contributed by atoms with E-state index in [1.807, 2.05) is 0 Å². The Hall–Kier alpha value is -0.940. The number of alkyl halides is 1. The molecule has 0 unspecified atom stereocenters. The van der Waals surface area contributed by atoms with E-state index >= 15 is 0 Å². The molecule has 2 aromatic rings. The van der Waals surface area contributed by atoms with Crippen molar-refractivity contribution in [2.45, 2.75) is 6.42 Å². The topological polar surface area (TPSA) is 38.9 Å². The zero-order chi connectivity index (χ0) is 11.5. The Balaban J connectivity index is 2.38. The molecule has 0 spiro atoms. The maximum Gasteiger partial charge on any atom is 0.248 e. The van der Waals surface area contributed by atoms with Crippen molar-refractivity contribution in [2.75, 3.05) is 5.88 Å². The number of hydrogen-bond donors (Lipinski definition) is 0. The summed E-state index contributed by atoms with van der Waals surface area (Å²) in [4.78, 5) is 0. The lowest BCUT2D eigenvalue weighted by molar-refractivity contribution is 0.513. The molecule has 84 valence electrons. The monoisotopic (exact) mass is 304 g/mol. The molecule has 16 heavy (non-hydrogen) atoms. The lowest BCUT2D eigenvalue weighted by atomic mass is 10.2. The van der Waals surface area contributed by atoms with Crippen LogP contribution in [0.25, 0.3) is 11.5 Å². The fourth-order valence-corrected chi connectivity index (χ4v) is 1.78. The summed E-state index contributed by atoms with van der Waals surface area (Å²) < 4.78 is 19.1. The second-order valence-electron chi connectivity index (χ2n) is 3.06. The molecule has 3 nitrogen and oxygen atoms in total. The molecule has 0 aliphatic rings. The Morgan fingerprint density at radius 3 is 2.94 bits per heavy atom. The summed E-state index contributed by atoms with van der Waals surface area (Å²) in [7, 11) is 0. The molecule has 0 aliphatic carbocycles. The number of aryl methyl sites for hydroxylation is 1. The summed E-state index contributed by atoms with van der Waals surface area (Å²) in [5.41, 5.74) is 0.535. The van der Waals surface area contributed by atoms with Gasteiger partial charge >= 0.3 is 0 Å². The molecule has 0 atom stereocenters. The van der Waals surface area contributed by atoms with Gasteiger partial charge in [0, 0.05) is 16.8 Å². The molecular weight excluding hydrogens is 298 g/mol. The third-order valence-electron chi connectivity index (χ3n) is 1.93. The first-order valence-electron chi connectivity index (χ1n) is 4.54. The minimum Gasteiger partial charge on any atom is -0.421 e. The average Bonchev–Trinajstić information content (AvgIpc) is 2.71. The van der Waals surface area contributed by atoms with Crippen LogP contribution in [0.2, 0.25) is 0 Å². The number of rotatable bonds is 3. The minimum absolute atomic E-state index is 0.284. The van der Waals surface area contributed by atoms with E-state index in [1.54, 1.807) is 6.07 Å². The highest BCUT2D eigenvalue weighted by molar-refractivity contribution is 9.10. The summed E-state index contributed by atoms with van der Waals surface area (Å²) in [6.45, 7) is 0. The van der Waals surface area contributed by atoms with Gasteiger partial charge in [0.05, 0.1) is 5.56 Å². The van der Waals surface area contributed by atoms with Crippen molar-refractivity contribution in [1.29, 1.82) is 0 Å². The SMILES string of the molecule is Fc1ccc(Br)c(-c2nnc(CCCl)o2)c1. The first-order chi connectivity index (χ1) is 7.70. The third kappa shape index (κ3) is 2.41. The predicted octanol–water partition coefficient (Wildman–Crippen LogP) is 3.42. The summed E-state index contributed by atoms with van der Waals surface area (Å²) >= 11 is 8.85. The fraction of sp³-hybridized carbons (Fsp3) is 0.200. The largest absolute Gasteiger partial charge is 0.421 e. The van der Waals surface area contributed by atoms with Gasteiger partial charge in [0.15, 0.2) is 0 Å². The van der Waals surface area contributed by atoms with Gasteiger partial charge in [0.1, 0.15) is 5.82 Å². The fourth-order valence-electron chi connectivity index (χ4n) is 1.21. The van der Waals surface area contributed by atoms with Gasteiger partial charge in [0.2, 0.25) is 11.8 Å². The Morgan fingerprint density at radius 1 is 1.38 bits per heavy atom. The minimum atomic E-state index is -0.352. The standard InChI is InChI=1S/C10H7BrClFN2O/c11-8-2-1-6(13)5-7(8)10-15-14-9(16-10)3-4-12/h1-2,5H,3-4H2. The van der Waals surface area contributed by atoms with E-state index in [0.717, 1.165) is 0 Å². The first-order valence-corrected chi connectivity index (χ1v) is 5.87. The molecule has 2 rings (SSSR count). The quantitative estimate of drug-likeness (QED) is 0.816. The van der Waals surface area contributed by atoms with Crippen molar-refractivity contribution < 1.29 is 8.81 Å². The van der Waals surface area contributed by atoms with Crippen LogP contribution in [0, 0.1) is 5.82 Å². The number of benzene rings is 1. The Kier molecular flexibility index (Phi) is 3.56. The molecule has 0 bridgehead atoms. The maximum absolute atomic E-state index is 13.1. The van der Waals surface area contributed by atoms with E-state index in [4.69, 9.17) is 16.0 Å². The van der Waals surface area contributed by atoms with Crippen molar-refractivity contribution in [3.05, 3.63) is 34.4 Å². The van der Waals surface area contributed by atoms with Crippen LogP contribution in [-0.4, -0.2) is 16.1 Å². The average molecular weight is 306 g/mol. The van der Waals surface area contributed by atoms with E-state index in [0.29, 0.717) is 28.2 Å². The highest BCUT2D eigenvalue weighted by Gasteiger charge is 2.12.